The van der Waals surface area contributed by atoms with E-state index in [0.29, 0.717) is 17.0 Å². The fourth-order valence-corrected chi connectivity index (χ4v) is 1.49. The van der Waals surface area contributed by atoms with Crippen molar-refractivity contribution < 1.29 is 5.11 Å². The van der Waals surface area contributed by atoms with Crippen LogP contribution in [0.4, 0.5) is 0 Å². The van der Waals surface area contributed by atoms with Gasteiger partial charge in [0.05, 0.1) is 5.02 Å². The lowest BCUT2D eigenvalue weighted by Gasteiger charge is -2.12. The molecule has 1 aromatic rings. The second kappa shape index (κ2) is 6.23. The second-order valence-electron chi connectivity index (χ2n) is 2.93. The summed E-state index contributed by atoms with van der Waals surface area (Å²) >= 11 is 11.5. The molecule has 84 valence electrons. The van der Waals surface area contributed by atoms with E-state index in [1.807, 2.05) is 0 Å². The first-order chi connectivity index (χ1) is 6.57. The SMILES string of the molecule is C=CC[C@H](N)c1ccc(Cl)c(Cl)c1O.Cl. The van der Waals surface area contributed by atoms with Gasteiger partial charge in [0.2, 0.25) is 0 Å². The molecule has 0 aromatic heterocycles. The molecule has 3 N–H and O–H groups in total. The number of phenolic OH excluding ortho intramolecular Hbond substituents is 1. The zero-order valence-electron chi connectivity index (χ0n) is 7.91. The number of benzene rings is 1. The minimum absolute atomic E-state index is 0. The Bertz CT molecular complexity index is 355. The highest BCUT2D eigenvalue weighted by molar-refractivity contribution is 6.43. The summed E-state index contributed by atoms with van der Waals surface area (Å²) in [5.74, 6) is -0.0477. The number of phenols is 1. The first kappa shape index (κ1) is 14.6. The topological polar surface area (TPSA) is 46.2 Å². The lowest BCUT2D eigenvalue weighted by atomic mass is 10.0. The summed E-state index contributed by atoms with van der Waals surface area (Å²) in [5, 5.41) is 10.1. The molecular weight excluding hydrogens is 256 g/mol. The van der Waals surface area contributed by atoms with Crippen molar-refractivity contribution in [2.24, 2.45) is 5.73 Å². The first-order valence-corrected chi connectivity index (χ1v) is 4.86. The summed E-state index contributed by atoms with van der Waals surface area (Å²) in [7, 11) is 0. The van der Waals surface area contributed by atoms with Crippen LogP contribution in [-0.2, 0) is 0 Å². The molecule has 0 aliphatic heterocycles. The van der Waals surface area contributed by atoms with Crippen molar-refractivity contribution in [3.8, 4) is 5.75 Å². The summed E-state index contributed by atoms with van der Waals surface area (Å²) in [6.07, 6.45) is 2.26. The van der Waals surface area contributed by atoms with Crippen LogP contribution in [0.25, 0.3) is 0 Å². The smallest absolute Gasteiger partial charge is 0.140 e. The van der Waals surface area contributed by atoms with Crippen LogP contribution in [0.2, 0.25) is 10.0 Å². The Morgan fingerprint density at radius 1 is 1.47 bits per heavy atom. The van der Waals surface area contributed by atoms with Crippen LogP contribution in [0, 0.1) is 0 Å². The van der Waals surface area contributed by atoms with E-state index < -0.39 is 0 Å². The van der Waals surface area contributed by atoms with Crippen LogP contribution in [0.3, 0.4) is 0 Å². The van der Waals surface area contributed by atoms with Gasteiger partial charge in [0, 0.05) is 11.6 Å². The predicted molar refractivity (Wildman–Crippen MR) is 67.1 cm³/mol. The van der Waals surface area contributed by atoms with E-state index in [1.54, 1.807) is 18.2 Å². The van der Waals surface area contributed by atoms with Gasteiger partial charge in [-0.2, -0.15) is 0 Å². The van der Waals surface area contributed by atoms with Crippen molar-refractivity contribution in [2.45, 2.75) is 12.5 Å². The number of nitrogens with two attached hydrogens (primary N) is 1. The highest BCUT2D eigenvalue weighted by atomic mass is 35.5. The molecule has 1 rings (SSSR count). The Morgan fingerprint density at radius 3 is 2.60 bits per heavy atom. The summed E-state index contributed by atoms with van der Waals surface area (Å²) < 4.78 is 0. The van der Waals surface area contributed by atoms with E-state index in [4.69, 9.17) is 28.9 Å². The average molecular weight is 269 g/mol. The number of hydrogen-bond donors (Lipinski definition) is 2. The maximum Gasteiger partial charge on any atom is 0.140 e. The molecule has 0 amide bonds. The molecule has 0 unspecified atom stereocenters. The fraction of sp³-hybridized carbons (Fsp3) is 0.200. The Balaban J connectivity index is 0.00000196. The average Bonchev–Trinajstić information content (AvgIpc) is 2.15. The van der Waals surface area contributed by atoms with Crippen molar-refractivity contribution in [1.82, 2.24) is 0 Å². The summed E-state index contributed by atoms with van der Waals surface area (Å²) in [6.45, 7) is 3.58. The fourth-order valence-electron chi connectivity index (χ4n) is 1.16. The zero-order chi connectivity index (χ0) is 10.7. The quantitative estimate of drug-likeness (QED) is 0.821. The molecule has 0 aliphatic rings. The normalized spacial score (nSPS) is 11.7. The Morgan fingerprint density at radius 2 is 2.07 bits per heavy atom. The van der Waals surface area contributed by atoms with Crippen LogP contribution in [-0.4, -0.2) is 5.11 Å². The molecule has 0 heterocycles. The summed E-state index contributed by atoms with van der Waals surface area (Å²) in [5.41, 5.74) is 6.38. The van der Waals surface area contributed by atoms with Gasteiger partial charge < -0.3 is 10.8 Å². The highest BCUT2D eigenvalue weighted by Crippen LogP contribution is 2.36. The third-order valence-corrected chi connectivity index (χ3v) is 2.71. The molecule has 0 saturated heterocycles. The molecule has 0 saturated carbocycles. The molecular formula is C10H12Cl3NO. The van der Waals surface area contributed by atoms with Crippen LogP contribution in [0.1, 0.15) is 18.0 Å². The number of hydrogen-bond acceptors (Lipinski definition) is 2. The van der Waals surface area contributed by atoms with Gasteiger partial charge in [-0.3, -0.25) is 0 Å². The molecule has 0 bridgehead atoms. The maximum absolute atomic E-state index is 9.64. The third kappa shape index (κ3) is 3.28. The standard InChI is InChI=1S/C10H11Cl2NO.ClH/c1-2-3-8(13)6-4-5-7(11)9(12)10(6)14;/h2,4-5,8,14H,1,3,13H2;1H/t8-;/m0./s1. The van der Waals surface area contributed by atoms with Crippen molar-refractivity contribution in [1.29, 1.82) is 0 Å². The van der Waals surface area contributed by atoms with Crippen LogP contribution in [0.15, 0.2) is 24.8 Å². The van der Waals surface area contributed by atoms with E-state index in [9.17, 15) is 5.11 Å². The van der Waals surface area contributed by atoms with Crippen LogP contribution < -0.4 is 5.73 Å². The van der Waals surface area contributed by atoms with Gasteiger partial charge in [-0.15, -0.1) is 19.0 Å². The van der Waals surface area contributed by atoms with Crippen LogP contribution >= 0.6 is 35.6 Å². The molecule has 1 aromatic carbocycles. The molecule has 0 fully saturated rings. The summed E-state index contributed by atoms with van der Waals surface area (Å²) in [6, 6.07) is 2.97. The Kier molecular flexibility index (Phi) is 6.06. The highest BCUT2D eigenvalue weighted by Gasteiger charge is 2.14. The third-order valence-electron chi connectivity index (χ3n) is 1.92. The maximum atomic E-state index is 9.64. The molecule has 0 spiro atoms. The number of rotatable bonds is 3. The van der Waals surface area contributed by atoms with Crippen molar-refractivity contribution in [3.05, 3.63) is 40.4 Å². The molecule has 5 heteroatoms. The Labute approximate surface area is 105 Å². The van der Waals surface area contributed by atoms with Gasteiger partial charge in [0.1, 0.15) is 10.8 Å². The minimum Gasteiger partial charge on any atom is -0.506 e. The molecule has 2 nitrogen and oxygen atoms in total. The van der Waals surface area contributed by atoms with Gasteiger partial charge in [0.25, 0.3) is 0 Å². The zero-order valence-corrected chi connectivity index (χ0v) is 10.2. The summed E-state index contributed by atoms with van der Waals surface area (Å²) in [4.78, 5) is 0. The van der Waals surface area contributed by atoms with E-state index in [2.05, 4.69) is 6.58 Å². The van der Waals surface area contributed by atoms with E-state index in [0.717, 1.165) is 0 Å². The largest absolute Gasteiger partial charge is 0.506 e. The lowest BCUT2D eigenvalue weighted by Crippen LogP contribution is -2.09. The van der Waals surface area contributed by atoms with Gasteiger partial charge in [0.15, 0.2) is 0 Å². The Hall–Kier alpha value is -0.410. The van der Waals surface area contributed by atoms with Gasteiger partial charge in [-0.05, 0) is 12.5 Å². The van der Waals surface area contributed by atoms with Crippen molar-refractivity contribution in [2.75, 3.05) is 0 Å². The van der Waals surface area contributed by atoms with Gasteiger partial charge >= 0.3 is 0 Å². The monoisotopic (exact) mass is 267 g/mol. The first-order valence-electron chi connectivity index (χ1n) is 4.11. The van der Waals surface area contributed by atoms with Crippen LogP contribution in [0.5, 0.6) is 5.75 Å². The number of aromatic hydroxyl groups is 1. The van der Waals surface area contributed by atoms with E-state index in [1.165, 1.54) is 0 Å². The molecule has 0 aliphatic carbocycles. The number of halogens is 3. The minimum atomic E-state index is -0.303. The van der Waals surface area contributed by atoms with Crippen molar-refractivity contribution in [3.63, 3.8) is 0 Å². The van der Waals surface area contributed by atoms with E-state index >= 15 is 0 Å². The molecule has 1 atom stereocenters. The molecule has 0 radical (unpaired) electrons. The lowest BCUT2D eigenvalue weighted by molar-refractivity contribution is 0.462. The molecule has 15 heavy (non-hydrogen) atoms. The van der Waals surface area contributed by atoms with Gasteiger partial charge in [-0.1, -0.05) is 35.3 Å². The van der Waals surface area contributed by atoms with E-state index in [-0.39, 0.29) is 29.2 Å². The second-order valence-corrected chi connectivity index (χ2v) is 3.72. The predicted octanol–water partition coefficient (Wildman–Crippen LogP) is 3.70. The van der Waals surface area contributed by atoms with Gasteiger partial charge in [-0.25, -0.2) is 0 Å². The van der Waals surface area contributed by atoms with Crippen molar-refractivity contribution >= 4 is 35.6 Å².